The van der Waals surface area contributed by atoms with Gasteiger partial charge in [-0.05, 0) is 30.3 Å². The number of amides is 2. The molecule has 0 fully saturated rings. The minimum absolute atomic E-state index is 0. The average molecular weight is 429 g/mol. The lowest BCUT2D eigenvalue weighted by molar-refractivity contribution is 0.0996. The predicted octanol–water partition coefficient (Wildman–Crippen LogP) is 3.31. The number of primary amides is 1. The van der Waals surface area contributed by atoms with Crippen LogP contribution in [0.15, 0.2) is 36.4 Å². The molecule has 142 valence electrons. The van der Waals surface area contributed by atoms with Gasteiger partial charge in [-0.25, -0.2) is 9.66 Å². The predicted molar refractivity (Wildman–Crippen MR) is 110 cm³/mol. The Morgan fingerprint density at radius 3 is 2.48 bits per heavy atom. The van der Waals surface area contributed by atoms with Gasteiger partial charge in [0.15, 0.2) is 0 Å². The van der Waals surface area contributed by atoms with Crippen molar-refractivity contribution in [3.63, 3.8) is 0 Å². The molecule has 0 spiro atoms. The second kappa shape index (κ2) is 8.04. The first-order valence-corrected chi connectivity index (χ1v) is 8.30. The molecular formula is C17H16Cl3N5O2. The maximum atomic E-state index is 12.7. The normalized spacial score (nSPS) is 10.4. The van der Waals surface area contributed by atoms with E-state index in [9.17, 15) is 9.59 Å². The first-order chi connectivity index (χ1) is 12.3. The number of fused-ring (bicyclic) bond motifs is 1. The summed E-state index contributed by atoms with van der Waals surface area (Å²) in [5.41, 5.74) is 9.56. The van der Waals surface area contributed by atoms with E-state index in [-0.39, 0.29) is 28.6 Å². The van der Waals surface area contributed by atoms with Crippen LogP contribution in [0.4, 0.5) is 5.95 Å². The van der Waals surface area contributed by atoms with Gasteiger partial charge in [-0.3, -0.25) is 15.0 Å². The number of hydrogen-bond donors (Lipinski definition) is 2. The highest BCUT2D eigenvalue weighted by Gasteiger charge is 2.20. The Balaban J connectivity index is 0.00000261. The molecule has 0 radical (unpaired) electrons. The number of anilines is 1. The van der Waals surface area contributed by atoms with E-state index in [1.807, 2.05) is 0 Å². The number of benzene rings is 2. The van der Waals surface area contributed by atoms with Gasteiger partial charge < -0.3 is 10.6 Å². The number of nitrogens with one attached hydrogen (secondary N) is 1. The number of carbonyl (C=O) groups excluding carboxylic acids is 2. The van der Waals surface area contributed by atoms with Gasteiger partial charge in [-0.1, -0.05) is 29.3 Å². The molecule has 10 heteroatoms. The molecule has 0 aliphatic heterocycles. The lowest BCUT2D eigenvalue weighted by Crippen LogP contribution is -2.27. The van der Waals surface area contributed by atoms with Crippen LogP contribution in [-0.2, 0) is 0 Å². The summed E-state index contributed by atoms with van der Waals surface area (Å²) in [5.74, 6) is -0.653. The van der Waals surface area contributed by atoms with Crippen LogP contribution in [0.1, 0.15) is 20.7 Å². The first kappa shape index (κ1) is 20.8. The molecule has 0 unspecified atom stereocenters. The van der Waals surface area contributed by atoms with Crippen molar-refractivity contribution in [3.8, 4) is 0 Å². The van der Waals surface area contributed by atoms with Gasteiger partial charge in [0.2, 0.25) is 5.95 Å². The Hall–Kier alpha value is -2.48. The Labute approximate surface area is 171 Å². The van der Waals surface area contributed by atoms with Crippen molar-refractivity contribution in [2.45, 2.75) is 0 Å². The third-order valence-corrected chi connectivity index (χ3v) is 4.28. The van der Waals surface area contributed by atoms with E-state index in [4.69, 9.17) is 28.9 Å². The van der Waals surface area contributed by atoms with Crippen LogP contribution >= 0.6 is 35.6 Å². The fourth-order valence-electron chi connectivity index (χ4n) is 2.53. The summed E-state index contributed by atoms with van der Waals surface area (Å²) in [6.45, 7) is 0. The standard InChI is InChI=1S/C17H15Cl2N5O2.ClH/c1-23(2)17-21-14-10(15(20)25)4-3-5-13(14)24(17)22-16(26)11-8-9(18)6-7-12(11)19;/h3-8H,1-2H3,(H2,20,25)(H,22,26);1H. The zero-order valence-corrected chi connectivity index (χ0v) is 16.7. The maximum Gasteiger partial charge on any atom is 0.271 e. The van der Waals surface area contributed by atoms with E-state index in [2.05, 4.69) is 10.4 Å². The summed E-state index contributed by atoms with van der Waals surface area (Å²) in [5, 5.41) is 0.652. The number of nitrogens with two attached hydrogens (primary N) is 1. The van der Waals surface area contributed by atoms with E-state index in [1.165, 1.54) is 10.7 Å². The zero-order valence-electron chi connectivity index (χ0n) is 14.4. The van der Waals surface area contributed by atoms with Gasteiger partial charge in [0, 0.05) is 19.1 Å². The van der Waals surface area contributed by atoms with Crippen molar-refractivity contribution in [2.75, 3.05) is 24.4 Å². The SMILES string of the molecule is CN(C)c1nc2c(C(N)=O)cccc2n1NC(=O)c1cc(Cl)ccc1Cl.Cl. The van der Waals surface area contributed by atoms with Gasteiger partial charge in [0.05, 0.1) is 21.7 Å². The number of rotatable bonds is 4. The summed E-state index contributed by atoms with van der Waals surface area (Å²) in [6.07, 6.45) is 0. The van der Waals surface area contributed by atoms with Crippen molar-refractivity contribution in [1.29, 1.82) is 0 Å². The molecule has 2 amide bonds. The number of halogens is 3. The van der Waals surface area contributed by atoms with Crippen molar-refractivity contribution >= 4 is 64.4 Å². The number of aromatic nitrogens is 2. The van der Waals surface area contributed by atoms with Crippen molar-refractivity contribution in [2.24, 2.45) is 5.73 Å². The zero-order chi connectivity index (χ0) is 19.0. The van der Waals surface area contributed by atoms with E-state index < -0.39 is 11.8 Å². The molecule has 0 saturated heterocycles. The van der Waals surface area contributed by atoms with Crippen LogP contribution in [-0.4, -0.2) is 35.6 Å². The van der Waals surface area contributed by atoms with E-state index in [0.717, 1.165) is 0 Å². The van der Waals surface area contributed by atoms with Crippen LogP contribution in [0.3, 0.4) is 0 Å². The summed E-state index contributed by atoms with van der Waals surface area (Å²) < 4.78 is 1.47. The summed E-state index contributed by atoms with van der Waals surface area (Å²) in [6, 6.07) is 9.58. The van der Waals surface area contributed by atoms with Crippen LogP contribution < -0.4 is 16.1 Å². The number of para-hydroxylation sites is 1. The van der Waals surface area contributed by atoms with E-state index >= 15 is 0 Å². The number of imidazole rings is 1. The Kier molecular flexibility index (Phi) is 6.20. The lowest BCUT2D eigenvalue weighted by atomic mass is 10.2. The van der Waals surface area contributed by atoms with Gasteiger partial charge >= 0.3 is 0 Å². The molecule has 3 aromatic rings. The largest absolute Gasteiger partial charge is 0.366 e. The van der Waals surface area contributed by atoms with Crippen LogP contribution in [0, 0.1) is 0 Å². The highest BCUT2D eigenvalue weighted by Crippen LogP contribution is 2.25. The summed E-state index contributed by atoms with van der Waals surface area (Å²) in [4.78, 5) is 30.5. The second-order valence-electron chi connectivity index (χ2n) is 5.74. The quantitative estimate of drug-likeness (QED) is 0.666. The topological polar surface area (TPSA) is 93.2 Å². The van der Waals surface area contributed by atoms with Crippen LogP contribution in [0.25, 0.3) is 11.0 Å². The van der Waals surface area contributed by atoms with E-state index in [0.29, 0.717) is 22.0 Å². The molecule has 1 aromatic heterocycles. The molecule has 0 saturated carbocycles. The Bertz CT molecular complexity index is 1030. The molecule has 7 nitrogen and oxygen atoms in total. The van der Waals surface area contributed by atoms with Crippen LogP contribution in [0.5, 0.6) is 0 Å². The highest BCUT2D eigenvalue weighted by atomic mass is 35.5. The average Bonchev–Trinajstić information content (AvgIpc) is 2.95. The number of hydrogen-bond acceptors (Lipinski definition) is 4. The van der Waals surface area contributed by atoms with Gasteiger partial charge in [-0.2, -0.15) is 0 Å². The lowest BCUT2D eigenvalue weighted by Gasteiger charge is -2.16. The third-order valence-electron chi connectivity index (χ3n) is 3.72. The number of carbonyl (C=O) groups is 2. The van der Waals surface area contributed by atoms with Crippen molar-refractivity contribution < 1.29 is 9.59 Å². The molecule has 3 N–H and O–H groups in total. The molecule has 1 heterocycles. The molecule has 2 aromatic carbocycles. The molecule has 0 bridgehead atoms. The number of nitrogens with zero attached hydrogens (tertiary/aromatic N) is 3. The van der Waals surface area contributed by atoms with Gasteiger partial charge in [0.1, 0.15) is 5.52 Å². The second-order valence-corrected chi connectivity index (χ2v) is 6.59. The fourth-order valence-corrected chi connectivity index (χ4v) is 2.90. The van der Waals surface area contributed by atoms with Crippen molar-refractivity contribution in [1.82, 2.24) is 9.66 Å². The summed E-state index contributed by atoms with van der Waals surface area (Å²) >= 11 is 12.1. The Morgan fingerprint density at radius 2 is 1.85 bits per heavy atom. The van der Waals surface area contributed by atoms with Gasteiger partial charge in [0.25, 0.3) is 11.8 Å². The van der Waals surface area contributed by atoms with Crippen LogP contribution in [0.2, 0.25) is 10.0 Å². The van der Waals surface area contributed by atoms with Crippen molar-refractivity contribution in [3.05, 3.63) is 57.6 Å². The summed E-state index contributed by atoms with van der Waals surface area (Å²) in [7, 11) is 3.53. The van der Waals surface area contributed by atoms with E-state index in [1.54, 1.807) is 49.3 Å². The minimum atomic E-state index is -0.602. The molecule has 0 atom stereocenters. The monoisotopic (exact) mass is 427 g/mol. The van der Waals surface area contributed by atoms with Gasteiger partial charge in [-0.15, -0.1) is 12.4 Å². The smallest absolute Gasteiger partial charge is 0.271 e. The minimum Gasteiger partial charge on any atom is -0.366 e. The first-order valence-electron chi connectivity index (χ1n) is 7.54. The molecular weight excluding hydrogens is 413 g/mol. The molecule has 0 aliphatic carbocycles. The molecule has 0 aliphatic rings. The highest BCUT2D eigenvalue weighted by molar-refractivity contribution is 6.36. The third kappa shape index (κ3) is 3.95. The molecule has 27 heavy (non-hydrogen) atoms. The fraction of sp³-hybridized carbons (Fsp3) is 0.118. The molecule has 3 rings (SSSR count). The maximum absolute atomic E-state index is 12.7. The Morgan fingerprint density at radius 1 is 1.15 bits per heavy atom.